The second-order valence-corrected chi connectivity index (χ2v) is 7.17. The van der Waals surface area contributed by atoms with Gasteiger partial charge in [-0.2, -0.15) is 0 Å². The fourth-order valence-corrected chi connectivity index (χ4v) is 3.07. The fraction of sp³-hybridized carbons (Fsp3) is 0.529. The van der Waals surface area contributed by atoms with Gasteiger partial charge in [0.2, 0.25) is 0 Å². The van der Waals surface area contributed by atoms with Gasteiger partial charge in [0.15, 0.2) is 0 Å². The number of piperidine rings is 1. The van der Waals surface area contributed by atoms with Crippen molar-refractivity contribution in [1.82, 2.24) is 4.90 Å². The van der Waals surface area contributed by atoms with Gasteiger partial charge >= 0.3 is 5.97 Å². The molecule has 0 bridgehead atoms. The Labute approximate surface area is 144 Å². The van der Waals surface area contributed by atoms with Gasteiger partial charge in [0, 0.05) is 29.7 Å². The molecule has 1 amide bonds. The lowest BCUT2D eigenvalue weighted by molar-refractivity contribution is -0.00231. The van der Waals surface area contributed by atoms with Crippen LogP contribution in [0.5, 0.6) is 0 Å². The van der Waals surface area contributed by atoms with Crippen molar-refractivity contribution in [3.8, 4) is 0 Å². The average Bonchev–Trinajstić information content (AvgIpc) is 2.52. The molecule has 6 heteroatoms. The number of carboxylic acid groups (broad SMARTS) is 1. The number of amides is 1. The number of carbonyl (C=O) groups is 2. The van der Waals surface area contributed by atoms with E-state index in [4.69, 9.17) is 9.84 Å². The van der Waals surface area contributed by atoms with E-state index in [1.807, 2.05) is 0 Å². The van der Waals surface area contributed by atoms with E-state index in [-0.39, 0.29) is 17.6 Å². The molecule has 1 aliphatic rings. The van der Waals surface area contributed by atoms with Crippen LogP contribution >= 0.6 is 15.9 Å². The van der Waals surface area contributed by atoms with Crippen molar-refractivity contribution in [3.05, 3.63) is 33.8 Å². The van der Waals surface area contributed by atoms with E-state index in [0.717, 1.165) is 19.4 Å². The Morgan fingerprint density at radius 2 is 1.87 bits per heavy atom. The first kappa shape index (κ1) is 17.9. The van der Waals surface area contributed by atoms with Gasteiger partial charge in [0.05, 0.1) is 11.7 Å². The number of carboxylic acids is 1. The maximum atomic E-state index is 12.6. The first-order chi connectivity index (χ1) is 10.9. The van der Waals surface area contributed by atoms with E-state index in [1.165, 1.54) is 12.1 Å². The number of hydrogen-bond donors (Lipinski definition) is 1. The molecule has 1 aromatic carbocycles. The summed E-state index contributed by atoms with van der Waals surface area (Å²) in [5.41, 5.74) is 0.510. The molecule has 0 aliphatic carbocycles. The lowest BCUT2D eigenvalue weighted by Crippen LogP contribution is -2.41. The van der Waals surface area contributed by atoms with Crippen molar-refractivity contribution in [1.29, 1.82) is 0 Å². The van der Waals surface area contributed by atoms with Crippen LogP contribution in [0.1, 0.15) is 47.4 Å². The molecule has 1 aromatic rings. The maximum absolute atomic E-state index is 12.6. The molecule has 0 radical (unpaired) electrons. The first-order valence-corrected chi connectivity index (χ1v) is 8.61. The van der Waals surface area contributed by atoms with E-state index in [9.17, 15) is 9.59 Å². The number of carbonyl (C=O) groups excluding carboxylic acids is 1. The smallest absolute Gasteiger partial charge is 0.335 e. The third-order valence-corrected chi connectivity index (χ3v) is 4.24. The molecule has 0 spiro atoms. The van der Waals surface area contributed by atoms with Gasteiger partial charge in [-0.3, -0.25) is 4.79 Å². The van der Waals surface area contributed by atoms with Crippen LogP contribution in [0.3, 0.4) is 0 Å². The highest BCUT2D eigenvalue weighted by Crippen LogP contribution is 2.21. The second kappa shape index (κ2) is 7.93. The van der Waals surface area contributed by atoms with Crippen molar-refractivity contribution in [3.63, 3.8) is 0 Å². The van der Waals surface area contributed by atoms with Gasteiger partial charge in [0.25, 0.3) is 5.91 Å². The minimum atomic E-state index is -1.04. The Morgan fingerprint density at radius 1 is 1.26 bits per heavy atom. The Balaban J connectivity index is 1.98. The normalized spacial score (nSPS) is 15.9. The van der Waals surface area contributed by atoms with E-state index < -0.39 is 5.97 Å². The zero-order chi connectivity index (χ0) is 17.0. The Morgan fingerprint density at radius 3 is 2.43 bits per heavy atom. The molecule has 1 N–H and O–H groups in total. The summed E-state index contributed by atoms with van der Waals surface area (Å²) in [6.45, 7) is 6.25. The van der Waals surface area contributed by atoms with Crippen LogP contribution in [-0.4, -0.2) is 47.7 Å². The van der Waals surface area contributed by atoms with Crippen LogP contribution in [0.4, 0.5) is 0 Å². The van der Waals surface area contributed by atoms with Gasteiger partial charge in [-0.1, -0.05) is 29.8 Å². The molecular formula is C17H22BrNO4. The number of rotatable bonds is 5. The molecule has 0 aromatic heterocycles. The van der Waals surface area contributed by atoms with E-state index in [1.54, 1.807) is 11.0 Å². The molecule has 1 heterocycles. The van der Waals surface area contributed by atoms with Crippen molar-refractivity contribution < 1.29 is 19.4 Å². The van der Waals surface area contributed by atoms with Crippen LogP contribution in [0.2, 0.25) is 0 Å². The van der Waals surface area contributed by atoms with E-state index in [2.05, 4.69) is 29.8 Å². The van der Waals surface area contributed by atoms with Gasteiger partial charge in [0.1, 0.15) is 0 Å². The molecule has 0 saturated carbocycles. The van der Waals surface area contributed by atoms with Gasteiger partial charge in [-0.25, -0.2) is 4.79 Å². The molecular weight excluding hydrogens is 362 g/mol. The third-order valence-electron chi connectivity index (χ3n) is 3.79. The second-order valence-electron chi connectivity index (χ2n) is 6.25. The summed E-state index contributed by atoms with van der Waals surface area (Å²) in [6.07, 6.45) is 1.84. The molecule has 5 nitrogen and oxygen atoms in total. The number of aromatic carboxylic acids is 1. The van der Waals surface area contributed by atoms with Crippen LogP contribution in [-0.2, 0) is 4.74 Å². The van der Waals surface area contributed by atoms with Crippen LogP contribution in [0.25, 0.3) is 0 Å². The number of ether oxygens (including phenoxy) is 1. The molecule has 2 rings (SSSR count). The van der Waals surface area contributed by atoms with Crippen molar-refractivity contribution in [2.45, 2.75) is 32.8 Å². The molecule has 1 aliphatic heterocycles. The van der Waals surface area contributed by atoms with Gasteiger partial charge in [-0.05, 0) is 37.0 Å². The average molecular weight is 384 g/mol. The first-order valence-electron chi connectivity index (χ1n) is 7.81. The number of hydrogen-bond acceptors (Lipinski definition) is 3. The Hall–Kier alpha value is -1.40. The summed E-state index contributed by atoms with van der Waals surface area (Å²) >= 11 is 3.26. The lowest BCUT2D eigenvalue weighted by Gasteiger charge is -2.32. The monoisotopic (exact) mass is 383 g/mol. The number of nitrogens with zero attached hydrogens (tertiary/aromatic N) is 1. The predicted molar refractivity (Wildman–Crippen MR) is 90.8 cm³/mol. The highest BCUT2D eigenvalue weighted by molar-refractivity contribution is 9.10. The summed E-state index contributed by atoms with van der Waals surface area (Å²) in [5, 5.41) is 9.10. The molecule has 0 unspecified atom stereocenters. The van der Waals surface area contributed by atoms with E-state index in [0.29, 0.717) is 29.0 Å². The summed E-state index contributed by atoms with van der Waals surface area (Å²) in [7, 11) is 0. The predicted octanol–water partition coefficient (Wildman–Crippen LogP) is 3.42. The summed E-state index contributed by atoms with van der Waals surface area (Å²) in [5.74, 6) is -0.664. The summed E-state index contributed by atoms with van der Waals surface area (Å²) in [6, 6.07) is 4.58. The zero-order valence-corrected chi connectivity index (χ0v) is 15.0. The minimum Gasteiger partial charge on any atom is -0.478 e. The third kappa shape index (κ3) is 5.04. The quantitative estimate of drug-likeness (QED) is 0.845. The standard InChI is InChI=1S/C17H22BrNO4/c1-11(2)10-23-15-3-5-19(6-4-15)16(20)12-7-13(17(21)22)9-14(18)8-12/h7-9,11,15H,3-6,10H2,1-2H3,(H,21,22). The number of likely N-dealkylation sites (tertiary alicyclic amines) is 1. The molecule has 1 saturated heterocycles. The molecule has 126 valence electrons. The summed E-state index contributed by atoms with van der Waals surface area (Å²) in [4.78, 5) is 25.4. The largest absolute Gasteiger partial charge is 0.478 e. The maximum Gasteiger partial charge on any atom is 0.335 e. The highest BCUT2D eigenvalue weighted by atomic mass is 79.9. The van der Waals surface area contributed by atoms with Crippen molar-refractivity contribution in [2.75, 3.05) is 19.7 Å². The molecule has 23 heavy (non-hydrogen) atoms. The number of halogens is 1. The van der Waals surface area contributed by atoms with Gasteiger partial charge in [-0.15, -0.1) is 0 Å². The van der Waals surface area contributed by atoms with Crippen LogP contribution in [0, 0.1) is 5.92 Å². The minimum absolute atomic E-state index is 0.109. The highest BCUT2D eigenvalue weighted by Gasteiger charge is 2.25. The van der Waals surface area contributed by atoms with Crippen molar-refractivity contribution in [2.24, 2.45) is 5.92 Å². The molecule has 0 atom stereocenters. The summed E-state index contributed by atoms with van der Waals surface area (Å²) < 4.78 is 6.42. The Bertz CT molecular complexity index is 580. The van der Waals surface area contributed by atoms with Crippen LogP contribution in [0.15, 0.2) is 22.7 Å². The zero-order valence-electron chi connectivity index (χ0n) is 13.4. The fourth-order valence-electron chi connectivity index (χ4n) is 2.57. The van der Waals surface area contributed by atoms with Crippen molar-refractivity contribution >= 4 is 27.8 Å². The lowest BCUT2D eigenvalue weighted by atomic mass is 10.0. The molecule has 1 fully saturated rings. The topological polar surface area (TPSA) is 66.8 Å². The van der Waals surface area contributed by atoms with E-state index >= 15 is 0 Å². The Kier molecular flexibility index (Phi) is 6.18. The number of benzene rings is 1. The van der Waals surface area contributed by atoms with Gasteiger partial charge < -0.3 is 14.7 Å². The van der Waals surface area contributed by atoms with Crippen LogP contribution < -0.4 is 0 Å². The SMILES string of the molecule is CC(C)COC1CCN(C(=O)c2cc(Br)cc(C(=O)O)c2)CC1.